The summed E-state index contributed by atoms with van der Waals surface area (Å²) in [6.45, 7) is 1.47. The number of nitrogens with zero attached hydrogens (tertiary/aromatic N) is 1. The van der Waals surface area contributed by atoms with Gasteiger partial charge in [0, 0.05) is 31.7 Å². The van der Waals surface area contributed by atoms with Crippen LogP contribution in [-0.4, -0.2) is 35.6 Å². The van der Waals surface area contributed by atoms with Gasteiger partial charge in [0.15, 0.2) is 0 Å². The number of aliphatic hydroxyl groups is 1. The van der Waals surface area contributed by atoms with Crippen molar-refractivity contribution in [3.63, 3.8) is 0 Å². The molecule has 0 saturated carbocycles. The van der Waals surface area contributed by atoms with Gasteiger partial charge in [-0.3, -0.25) is 4.79 Å². The zero-order valence-electron chi connectivity index (χ0n) is 10.4. The van der Waals surface area contributed by atoms with E-state index in [-0.39, 0.29) is 18.4 Å². The average Bonchev–Trinajstić information content (AvgIpc) is 2.88. The summed E-state index contributed by atoms with van der Waals surface area (Å²) >= 11 is 11.7. The monoisotopic (exact) mass is 299 g/mol. The predicted octanol–water partition coefficient (Wildman–Crippen LogP) is 2.85. The van der Waals surface area contributed by atoms with Crippen LogP contribution in [0.3, 0.4) is 0 Å². The van der Waals surface area contributed by atoms with E-state index in [1.54, 1.807) is 29.2 Å². The molecule has 0 bridgehead atoms. The average molecular weight is 300 g/mol. The van der Waals surface area contributed by atoms with Crippen LogP contribution in [0.25, 0.3) is 6.08 Å². The zero-order valence-corrected chi connectivity index (χ0v) is 11.9. The van der Waals surface area contributed by atoms with Crippen molar-refractivity contribution in [3.8, 4) is 0 Å². The van der Waals surface area contributed by atoms with Crippen LogP contribution in [0.5, 0.6) is 0 Å². The Hall–Kier alpha value is -1.03. The van der Waals surface area contributed by atoms with Gasteiger partial charge in [0.2, 0.25) is 5.91 Å². The molecule has 1 N–H and O–H groups in total. The maximum Gasteiger partial charge on any atom is 0.246 e. The van der Waals surface area contributed by atoms with Gasteiger partial charge in [-0.25, -0.2) is 0 Å². The molecule has 102 valence electrons. The van der Waals surface area contributed by atoms with E-state index < -0.39 is 0 Å². The van der Waals surface area contributed by atoms with Gasteiger partial charge in [-0.15, -0.1) is 0 Å². The number of carbonyl (C=O) groups excluding carboxylic acids is 1. The molecule has 1 saturated heterocycles. The fraction of sp³-hybridized carbons (Fsp3) is 0.357. The van der Waals surface area contributed by atoms with Gasteiger partial charge in [0.1, 0.15) is 0 Å². The summed E-state index contributed by atoms with van der Waals surface area (Å²) in [5.74, 6) is 0.171. The summed E-state index contributed by atoms with van der Waals surface area (Å²) in [5, 5.41) is 10.0. The first-order chi connectivity index (χ1) is 9.10. The number of aliphatic hydroxyl groups excluding tert-OH is 1. The number of hydrogen-bond donors (Lipinski definition) is 1. The Morgan fingerprint density at radius 1 is 1.42 bits per heavy atom. The Bertz CT molecular complexity index is 502. The van der Waals surface area contributed by atoms with E-state index in [1.807, 2.05) is 0 Å². The van der Waals surface area contributed by atoms with E-state index in [0.29, 0.717) is 23.1 Å². The Morgan fingerprint density at radius 2 is 2.21 bits per heavy atom. The first-order valence-electron chi connectivity index (χ1n) is 6.13. The molecule has 1 aliphatic heterocycles. The summed E-state index contributed by atoms with van der Waals surface area (Å²) in [6.07, 6.45) is 4.11. The highest BCUT2D eigenvalue weighted by Gasteiger charge is 2.23. The van der Waals surface area contributed by atoms with Crippen LogP contribution >= 0.6 is 23.2 Å². The second-order valence-corrected chi connectivity index (χ2v) is 5.44. The van der Waals surface area contributed by atoms with Crippen molar-refractivity contribution in [1.82, 2.24) is 4.90 Å². The third-order valence-corrected chi connectivity index (χ3v) is 3.96. The molecule has 2 rings (SSSR count). The van der Waals surface area contributed by atoms with Crippen molar-refractivity contribution >= 4 is 35.2 Å². The Kier molecular flexibility index (Phi) is 4.86. The van der Waals surface area contributed by atoms with Gasteiger partial charge in [0.25, 0.3) is 0 Å². The van der Waals surface area contributed by atoms with E-state index in [1.165, 1.54) is 6.08 Å². The van der Waals surface area contributed by atoms with Gasteiger partial charge in [-0.2, -0.15) is 0 Å². The molecule has 0 spiro atoms. The lowest BCUT2D eigenvalue weighted by atomic mass is 10.1. The van der Waals surface area contributed by atoms with Gasteiger partial charge in [0.05, 0.1) is 10.0 Å². The highest BCUT2D eigenvalue weighted by atomic mass is 35.5. The smallest absolute Gasteiger partial charge is 0.246 e. The van der Waals surface area contributed by atoms with Crippen LogP contribution in [0.4, 0.5) is 0 Å². The molecular formula is C14H15Cl2NO2. The standard InChI is InChI=1S/C14H15Cl2NO2/c15-12-3-1-10(7-13(12)16)2-4-14(19)17-6-5-11(8-17)9-18/h1-4,7,11,18H,5-6,8-9H2. The number of amides is 1. The number of hydrogen-bond acceptors (Lipinski definition) is 2. The molecule has 1 fully saturated rings. The molecule has 1 atom stereocenters. The number of likely N-dealkylation sites (tertiary alicyclic amines) is 1. The van der Waals surface area contributed by atoms with E-state index in [9.17, 15) is 4.79 Å². The van der Waals surface area contributed by atoms with Gasteiger partial charge in [-0.1, -0.05) is 29.3 Å². The summed E-state index contributed by atoms with van der Waals surface area (Å²) in [5.41, 5.74) is 0.834. The van der Waals surface area contributed by atoms with Crippen LogP contribution in [-0.2, 0) is 4.79 Å². The number of halogens is 2. The molecule has 3 nitrogen and oxygen atoms in total. The third-order valence-electron chi connectivity index (χ3n) is 3.22. The minimum atomic E-state index is -0.0398. The summed E-state index contributed by atoms with van der Waals surface area (Å²) < 4.78 is 0. The molecule has 1 unspecified atom stereocenters. The van der Waals surface area contributed by atoms with Crippen LogP contribution < -0.4 is 0 Å². The predicted molar refractivity (Wildman–Crippen MR) is 77.3 cm³/mol. The fourth-order valence-corrected chi connectivity index (χ4v) is 2.38. The Balaban J connectivity index is 1.98. The van der Waals surface area contributed by atoms with Crippen molar-refractivity contribution in [2.24, 2.45) is 5.92 Å². The van der Waals surface area contributed by atoms with Crippen molar-refractivity contribution in [1.29, 1.82) is 0 Å². The largest absolute Gasteiger partial charge is 0.396 e. The maximum atomic E-state index is 11.9. The lowest BCUT2D eigenvalue weighted by Gasteiger charge is -2.13. The second-order valence-electron chi connectivity index (χ2n) is 4.63. The Labute approximate surface area is 122 Å². The third kappa shape index (κ3) is 3.72. The van der Waals surface area contributed by atoms with E-state index in [2.05, 4.69) is 0 Å². The quantitative estimate of drug-likeness (QED) is 0.872. The second kappa shape index (κ2) is 6.42. The Morgan fingerprint density at radius 3 is 2.84 bits per heavy atom. The van der Waals surface area contributed by atoms with Gasteiger partial charge >= 0.3 is 0 Å². The normalized spacial score (nSPS) is 19.3. The van der Waals surface area contributed by atoms with Crippen molar-refractivity contribution in [3.05, 3.63) is 39.9 Å². The van der Waals surface area contributed by atoms with Gasteiger partial charge in [-0.05, 0) is 30.2 Å². The lowest BCUT2D eigenvalue weighted by Crippen LogP contribution is -2.27. The summed E-state index contributed by atoms with van der Waals surface area (Å²) in [7, 11) is 0. The SMILES string of the molecule is O=C(C=Cc1ccc(Cl)c(Cl)c1)N1CCC(CO)C1. The molecule has 1 heterocycles. The van der Waals surface area contributed by atoms with Crippen LogP contribution in [0.1, 0.15) is 12.0 Å². The molecule has 0 aliphatic carbocycles. The van der Waals surface area contributed by atoms with Crippen LogP contribution in [0, 0.1) is 5.92 Å². The molecular weight excluding hydrogens is 285 g/mol. The molecule has 0 radical (unpaired) electrons. The zero-order chi connectivity index (χ0) is 13.8. The minimum absolute atomic E-state index is 0.0398. The molecule has 1 aromatic rings. The van der Waals surface area contributed by atoms with E-state index in [0.717, 1.165) is 12.0 Å². The highest BCUT2D eigenvalue weighted by molar-refractivity contribution is 6.42. The molecule has 1 aromatic carbocycles. The molecule has 5 heteroatoms. The lowest BCUT2D eigenvalue weighted by molar-refractivity contribution is -0.125. The first-order valence-corrected chi connectivity index (χ1v) is 6.88. The first kappa shape index (κ1) is 14.4. The molecule has 19 heavy (non-hydrogen) atoms. The minimum Gasteiger partial charge on any atom is -0.396 e. The number of benzene rings is 1. The van der Waals surface area contributed by atoms with Crippen molar-refractivity contribution < 1.29 is 9.90 Å². The van der Waals surface area contributed by atoms with E-state index >= 15 is 0 Å². The van der Waals surface area contributed by atoms with Crippen molar-refractivity contribution in [2.45, 2.75) is 6.42 Å². The molecule has 1 amide bonds. The number of rotatable bonds is 3. The summed E-state index contributed by atoms with van der Waals surface area (Å²) in [6, 6.07) is 5.22. The highest BCUT2D eigenvalue weighted by Crippen LogP contribution is 2.23. The molecule has 0 aromatic heterocycles. The van der Waals surface area contributed by atoms with Crippen LogP contribution in [0.2, 0.25) is 10.0 Å². The fourth-order valence-electron chi connectivity index (χ4n) is 2.07. The summed E-state index contributed by atoms with van der Waals surface area (Å²) in [4.78, 5) is 13.7. The van der Waals surface area contributed by atoms with E-state index in [4.69, 9.17) is 28.3 Å². The number of carbonyl (C=O) groups is 1. The van der Waals surface area contributed by atoms with Crippen molar-refractivity contribution in [2.75, 3.05) is 19.7 Å². The van der Waals surface area contributed by atoms with Crippen LogP contribution in [0.15, 0.2) is 24.3 Å². The van der Waals surface area contributed by atoms with Gasteiger partial charge < -0.3 is 10.0 Å². The maximum absolute atomic E-state index is 11.9. The topological polar surface area (TPSA) is 40.5 Å². The molecule has 1 aliphatic rings.